The van der Waals surface area contributed by atoms with Gasteiger partial charge in [-0.05, 0) is 43.9 Å². The maximum atomic E-state index is 12.1. The third kappa shape index (κ3) is 4.25. The predicted molar refractivity (Wildman–Crippen MR) is 94.5 cm³/mol. The van der Waals surface area contributed by atoms with Gasteiger partial charge in [-0.2, -0.15) is 0 Å². The number of hydrogen-bond acceptors (Lipinski definition) is 4. The minimum Gasteiger partial charge on any atom is -0.489 e. The Hall–Kier alpha value is -2.56. The number of benzene rings is 1. The highest BCUT2D eigenvalue weighted by Crippen LogP contribution is 2.25. The topological polar surface area (TPSA) is 59.9 Å². The van der Waals surface area contributed by atoms with Gasteiger partial charge in [0.1, 0.15) is 19.5 Å². The van der Waals surface area contributed by atoms with Gasteiger partial charge >= 0.3 is 0 Å². The molecule has 0 fully saturated rings. The maximum absolute atomic E-state index is 12.1. The Morgan fingerprint density at radius 1 is 1.25 bits per heavy atom. The minimum absolute atomic E-state index is 0.236. The molecule has 0 atom stereocenters. The standard InChI is InChI=1S/C19H24N2O3/c1-13-9-10-14(2)17(11-13)24-12-15-7-5-6-8-16(15)18(21-23-4)19(22)20-3/h5-8,11H,9-10,12H2,1-4H3,(H,20,22)/b21-18+. The molecular formula is C19H24N2O3. The van der Waals surface area contributed by atoms with Gasteiger partial charge in [-0.25, -0.2) is 0 Å². The Balaban J connectivity index is 2.26. The number of carbonyl (C=O) groups is 1. The first-order chi connectivity index (χ1) is 11.6. The Kier molecular flexibility index (Phi) is 6.18. The van der Waals surface area contributed by atoms with Crippen LogP contribution in [0.25, 0.3) is 0 Å². The van der Waals surface area contributed by atoms with Crippen molar-refractivity contribution >= 4 is 11.6 Å². The summed E-state index contributed by atoms with van der Waals surface area (Å²) in [4.78, 5) is 16.9. The molecule has 0 bridgehead atoms. The molecule has 0 saturated heterocycles. The van der Waals surface area contributed by atoms with Crippen molar-refractivity contribution in [3.8, 4) is 0 Å². The Bertz CT molecular complexity index is 702. The maximum Gasteiger partial charge on any atom is 0.273 e. The summed E-state index contributed by atoms with van der Waals surface area (Å²) in [6, 6.07) is 7.55. The molecule has 1 amide bonds. The fourth-order valence-electron chi connectivity index (χ4n) is 2.55. The van der Waals surface area contributed by atoms with Crippen LogP contribution in [0.1, 0.15) is 37.8 Å². The quantitative estimate of drug-likeness (QED) is 0.644. The van der Waals surface area contributed by atoms with E-state index in [-0.39, 0.29) is 11.6 Å². The predicted octanol–water partition coefficient (Wildman–Crippen LogP) is 3.31. The molecule has 5 heteroatoms. The molecule has 0 saturated carbocycles. The lowest BCUT2D eigenvalue weighted by atomic mass is 9.99. The van der Waals surface area contributed by atoms with E-state index in [4.69, 9.17) is 9.57 Å². The lowest BCUT2D eigenvalue weighted by Gasteiger charge is -2.18. The lowest BCUT2D eigenvalue weighted by molar-refractivity contribution is -0.114. The fraction of sp³-hybridized carbons (Fsp3) is 0.368. The molecule has 1 aromatic carbocycles. The number of likely N-dealkylation sites (N-methyl/N-ethyl adjacent to an activating group) is 1. The van der Waals surface area contributed by atoms with Gasteiger partial charge in [0, 0.05) is 12.6 Å². The van der Waals surface area contributed by atoms with Gasteiger partial charge in [0.05, 0.1) is 0 Å². The van der Waals surface area contributed by atoms with E-state index in [9.17, 15) is 4.79 Å². The van der Waals surface area contributed by atoms with E-state index < -0.39 is 0 Å². The highest BCUT2D eigenvalue weighted by atomic mass is 16.6. The van der Waals surface area contributed by atoms with Gasteiger partial charge in [-0.15, -0.1) is 0 Å². The number of carbonyl (C=O) groups excluding carboxylic acids is 1. The zero-order chi connectivity index (χ0) is 17.5. The van der Waals surface area contributed by atoms with Crippen LogP contribution in [0.2, 0.25) is 0 Å². The number of nitrogens with zero attached hydrogens (tertiary/aromatic N) is 1. The summed E-state index contributed by atoms with van der Waals surface area (Å²) < 4.78 is 6.01. The molecule has 0 aromatic heterocycles. The smallest absolute Gasteiger partial charge is 0.273 e. The van der Waals surface area contributed by atoms with Crippen molar-refractivity contribution < 1.29 is 14.4 Å². The van der Waals surface area contributed by atoms with Crippen LogP contribution < -0.4 is 5.32 Å². The molecule has 1 aliphatic rings. The van der Waals surface area contributed by atoms with E-state index in [0.717, 1.165) is 24.2 Å². The third-order valence-electron chi connectivity index (χ3n) is 3.97. The SMILES string of the molecule is CNC(=O)/C(=N/OC)c1ccccc1COC1=C(C)CCC(C)=C1. The zero-order valence-corrected chi connectivity index (χ0v) is 14.7. The van der Waals surface area contributed by atoms with E-state index in [1.807, 2.05) is 24.3 Å². The fourth-order valence-corrected chi connectivity index (χ4v) is 2.55. The summed E-state index contributed by atoms with van der Waals surface area (Å²) in [5.74, 6) is 0.617. The second kappa shape index (κ2) is 8.34. The minimum atomic E-state index is -0.298. The first kappa shape index (κ1) is 17.8. The number of rotatable bonds is 6. The van der Waals surface area contributed by atoms with Crippen LogP contribution in [-0.2, 0) is 21.0 Å². The van der Waals surface area contributed by atoms with Gasteiger partial charge in [0.2, 0.25) is 0 Å². The molecule has 1 aromatic rings. The van der Waals surface area contributed by atoms with Crippen LogP contribution in [0.3, 0.4) is 0 Å². The molecule has 5 nitrogen and oxygen atoms in total. The number of amides is 1. The van der Waals surface area contributed by atoms with Crippen LogP contribution in [-0.4, -0.2) is 25.8 Å². The van der Waals surface area contributed by atoms with Crippen molar-refractivity contribution in [3.05, 3.63) is 58.4 Å². The molecule has 0 aliphatic heterocycles. The van der Waals surface area contributed by atoms with Crippen LogP contribution in [0.4, 0.5) is 0 Å². The van der Waals surface area contributed by atoms with Gasteiger partial charge in [-0.1, -0.05) is 35.0 Å². The molecular weight excluding hydrogens is 304 g/mol. The van der Waals surface area contributed by atoms with Crippen molar-refractivity contribution in [2.45, 2.75) is 33.3 Å². The van der Waals surface area contributed by atoms with Gasteiger partial charge < -0.3 is 14.9 Å². The van der Waals surface area contributed by atoms with E-state index in [1.54, 1.807) is 7.05 Å². The highest BCUT2D eigenvalue weighted by Gasteiger charge is 2.18. The van der Waals surface area contributed by atoms with E-state index >= 15 is 0 Å². The van der Waals surface area contributed by atoms with Crippen LogP contribution >= 0.6 is 0 Å². The number of oxime groups is 1. The molecule has 128 valence electrons. The van der Waals surface area contributed by atoms with Gasteiger partial charge in [0.15, 0.2) is 5.71 Å². The monoisotopic (exact) mass is 328 g/mol. The molecule has 24 heavy (non-hydrogen) atoms. The molecule has 2 rings (SSSR count). The average molecular weight is 328 g/mol. The molecule has 0 spiro atoms. The molecule has 1 aliphatic carbocycles. The number of allylic oxidation sites excluding steroid dienone is 3. The summed E-state index contributed by atoms with van der Waals surface area (Å²) in [7, 11) is 2.99. The van der Waals surface area contributed by atoms with E-state index in [2.05, 4.69) is 30.4 Å². The second-order valence-corrected chi connectivity index (χ2v) is 5.78. The Labute approximate surface area is 143 Å². The second-order valence-electron chi connectivity index (χ2n) is 5.78. The number of ether oxygens (including phenoxy) is 1. The van der Waals surface area contributed by atoms with Crippen LogP contribution in [0.5, 0.6) is 0 Å². The van der Waals surface area contributed by atoms with Crippen molar-refractivity contribution in [1.29, 1.82) is 0 Å². The summed E-state index contributed by atoms with van der Waals surface area (Å²) in [5.41, 5.74) is 4.38. The Morgan fingerprint density at radius 3 is 2.71 bits per heavy atom. The van der Waals surface area contributed by atoms with Crippen molar-refractivity contribution in [2.24, 2.45) is 5.16 Å². The average Bonchev–Trinajstić information content (AvgIpc) is 2.60. The Morgan fingerprint density at radius 2 is 2.00 bits per heavy atom. The van der Waals surface area contributed by atoms with Gasteiger partial charge in [-0.3, -0.25) is 4.79 Å². The van der Waals surface area contributed by atoms with Crippen LogP contribution in [0, 0.1) is 0 Å². The van der Waals surface area contributed by atoms with Gasteiger partial charge in [0.25, 0.3) is 5.91 Å². The van der Waals surface area contributed by atoms with Crippen LogP contribution in [0.15, 0.2) is 52.4 Å². The zero-order valence-electron chi connectivity index (χ0n) is 14.7. The summed E-state index contributed by atoms with van der Waals surface area (Å²) >= 11 is 0. The first-order valence-corrected chi connectivity index (χ1v) is 7.98. The van der Waals surface area contributed by atoms with E-state index in [0.29, 0.717) is 12.2 Å². The molecule has 0 radical (unpaired) electrons. The van der Waals surface area contributed by atoms with Crippen molar-refractivity contribution in [2.75, 3.05) is 14.2 Å². The van der Waals surface area contributed by atoms with Crippen molar-refractivity contribution in [1.82, 2.24) is 5.32 Å². The summed E-state index contributed by atoms with van der Waals surface area (Å²) in [6.07, 6.45) is 4.19. The number of nitrogens with one attached hydrogen (secondary N) is 1. The molecule has 0 unspecified atom stereocenters. The number of hydrogen-bond donors (Lipinski definition) is 1. The van der Waals surface area contributed by atoms with Crippen molar-refractivity contribution in [3.63, 3.8) is 0 Å². The molecule has 1 N–H and O–H groups in total. The largest absolute Gasteiger partial charge is 0.489 e. The normalized spacial score (nSPS) is 15.0. The van der Waals surface area contributed by atoms with E-state index in [1.165, 1.54) is 18.3 Å². The molecule has 0 heterocycles. The summed E-state index contributed by atoms with van der Waals surface area (Å²) in [5, 5.41) is 6.46. The highest BCUT2D eigenvalue weighted by molar-refractivity contribution is 6.45. The summed E-state index contributed by atoms with van der Waals surface area (Å²) in [6.45, 7) is 4.57. The lowest BCUT2D eigenvalue weighted by Crippen LogP contribution is -2.29. The first-order valence-electron chi connectivity index (χ1n) is 7.98. The third-order valence-corrected chi connectivity index (χ3v) is 3.97.